The average Bonchev–Trinajstić information content (AvgIpc) is 3.29. The smallest absolute Gasteiger partial charge is 0.231 e. The fourth-order valence-electron chi connectivity index (χ4n) is 3.24. The summed E-state index contributed by atoms with van der Waals surface area (Å²) in [6.45, 7) is 3.24. The summed E-state index contributed by atoms with van der Waals surface area (Å²) in [6.07, 6.45) is 6.76. The second-order valence-electron chi connectivity index (χ2n) is 6.71. The Balaban J connectivity index is 1.24. The van der Waals surface area contributed by atoms with E-state index in [1.165, 1.54) is 6.33 Å². The lowest BCUT2D eigenvalue weighted by Gasteiger charge is -2.39. The second-order valence-corrected chi connectivity index (χ2v) is 7.95. The highest BCUT2D eigenvalue weighted by atomic mass is 32.1. The van der Waals surface area contributed by atoms with Gasteiger partial charge < -0.3 is 10.2 Å². The number of hydrogen-bond acceptors (Lipinski definition) is 7. The first-order valence-corrected chi connectivity index (χ1v) is 9.71. The van der Waals surface area contributed by atoms with Crippen LogP contribution in [0.1, 0.15) is 5.01 Å². The second kappa shape index (κ2) is 6.68. The molecule has 8 nitrogen and oxygen atoms in total. The van der Waals surface area contributed by atoms with Crippen LogP contribution in [0, 0.1) is 12.8 Å². The topological polar surface area (TPSA) is 88.8 Å². The highest BCUT2D eigenvalue weighted by Crippen LogP contribution is 2.27. The quantitative estimate of drug-likeness (QED) is 0.575. The molecule has 0 bridgehead atoms. The van der Waals surface area contributed by atoms with E-state index >= 15 is 0 Å². The number of anilines is 2. The monoisotopic (exact) mass is 391 g/mol. The summed E-state index contributed by atoms with van der Waals surface area (Å²) in [6, 6.07) is 7.75. The van der Waals surface area contributed by atoms with Crippen LogP contribution in [0.25, 0.3) is 16.0 Å². The van der Waals surface area contributed by atoms with Gasteiger partial charge in [0.2, 0.25) is 5.91 Å². The molecule has 0 unspecified atom stereocenters. The number of aromatic nitrogens is 5. The number of thiazole rings is 1. The Kier molecular flexibility index (Phi) is 4.01. The van der Waals surface area contributed by atoms with Crippen LogP contribution < -0.4 is 10.2 Å². The number of benzene rings is 1. The molecule has 0 radical (unpaired) electrons. The van der Waals surface area contributed by atoms with E-state index in [1.807, 2.05) is 42.0 Å². The van der Waals surface area contributed by atoms with Crippen molar-refractivity contribution in [1.29, 1.82) is 0 Å². The lowest BCUT2D eigenvalue weighted by atomic mass is 9.99. The van der Waals surface area contributed by atoms with Crippen LogP contribution in [0.4, 0.5) is 11.5 Å². The average molecular weight is 391 g/mol. The molecule has 5 rings (SSSR count). The van der Waals surface area contributed by atoms with Crippen LogP contribution in [-0.4, -0.2) is 43.5 Å². The van der Waals surface area contributed by atoms with E-state index in [9.17, 15) is 4.79 Å². The molecule has 1 N–H and O–H groups in total. The standard InChI is InChI=1S/C19H17N7OS/c1-12-23-15-6-14(2-3-16(15)28-12)24-19(27)13-8-26(9-13)18-7-17(21-10-22-18)25-5-4-20-11-25/h2-7,10-11,13H,8-9H2,1H3,(H,24,27). The summed E-state index contributed by atoms with van der Waals surface area (Å²) in [7, 11) is 0. The Morgan fingerprint density at radius 1 is 1.21 bits per heavy atom. The van der Waals surface area contributed by atoms with Crippen LogP contribution in [-0.2, 0) is 4.79 Å². The molecule has 0 atom stereocenters. The first-order valence-electron chi connectivity index (χ1n) is 8.89. The number of fused-ring (bicyclic) bond motifs is 1. The molecule has 28 heavy (non-hydrogen) atoms. The number of nitrogens with zero attached hydrogens (tertiary/aromatic N) is 6. The zero-order valence-electron chi connectivity index (χ0n) is 15.1. The highest BCUT2D eigenvalue weighted by Gasteiger charge is 2.33. The van der Waals surface area contributed by atoms with Crippen molar-refractivity contribution in [2.75, 3.05) is 23.3 Å². The van der Waals surface area contributed by atoms with Crippen LogP contribution in [0.3, 0.4) is 0 Å². The summed E-state index contributed by atoms with van der Waals surface area (Å²) in [5.41, 5.74) is 1.70. The molecule has 1 aliphatic heterocycles. The Morgan fingerprint density at radius 3 is 2.89 bits per heavy atom. The van der Waals surface area contributed by atoms with Crippen LogP contribution in [0.5, 0.6) is 0 Å². The fourth-order valence-corrected chi connectivity index (χ4v) is 4.05. The van der Waals surface area contributed by atoms with Gasteiger partial charge in [-0.05, 0) is 25.1 Å². The third kappa shape index (κ3) is 3.09. The molecule has 1 aliphatic rings. The molecule has 140 valence electrons. The normalized spacial score (nSPS) is 14.2. The Bertz CT molecular complexity index is 1150. The van der Waals surface area contributed by atoms with Gasteiger partial charge in [-0.2, -0.15) is 0 Å². The third-order valence-electron chi connectivity index (χ3n) is 4.75. The number of nitrogens with one attached hydrogen (secondary N) is 1. The lowest BCUT2D eigenvalue weighted by Crippen LogP contribution is -2.52. The third-order valence-corrected chi connectivity index (χ3v) is 5.70. The van der Waals surface area contributed by atoms with Crippen LogP contribution >= 0.6 is 11.3 Å². The fraction of sp³-hybridized carbons (Fsp3) is 0.211. The minimum atomic E-state index is -0.0699. The largest absolute Gasteiger partial charge is 0.355 e. The van der Waals surface area contributed by atoms with Crippen molar-refractivity contribution in [3.8, 4) is 5.82 Å². The van der Waals surface area contributed by atoms with Crippen molar-refractivity contribution in [3.63, 3.8) is 0 Å². The van der Waals surface area contributed by atoms with E-state index in [-0.39, 0.29) is 11.8 Å². The van der Waals surface area contributed by atoms with Crippen molar-refractivity contribution < 1.29 is 4.79 Å². The van der Waals surface area contributed by atoms with Crippen molar-refractivity contribution in [3.05, 3.63) is 54.3 Å². The van der Waals surface area contributed by atoms with E-state index in [1.54, 1.807) is 23.9 Å². The number of imidazole rings is 1. The van der Waals surface area contributed by atoms with Gasteiger partial charge in [-0.25, -0.2) is 19.9 Å². The Hall–Kier alpha value is -3.33. The Labute approximate surface area is 164 Å². The molecule has 1 amide bonds. The maximum absolute atomic E-state index is 12.6. The molecule has 4 heterocycles. The van der Waals surface area contributed by atoms with Gasteiger partial charge >= 0.3 is 0 Å². The molecule has 4 aromatic rings. The molecular formula is C19H17N7OS. The van der Waals surface area contributed by atoms with Crippen molar-refractivity contribution in [2.24, 2.45) is 5.92 Å². The van der Waals surface area contributed by atoms with Crippen molar-refractivity contribution in [2.45, 2.75) is 6.92 Å². The van der Waals surface area contributed by atoms with Gasteiger partial charge in [0.25, 0.3) is 0 Å². The van der Waals surface area contributed by atoms with Crippen LogP contribution in [0.2, 0.25) is 0 Å². The zero-order chi connectivity index (χ0) is 19.1. The zero-order valence-corrected chi connectivity index (χ0v) is 15.9. The molecule has 1 fully saturated rings. The first-order chi connectivity index (χ1) is 13.7. The number of rotatable bonds is 4. The number of carbonyl (C=O) groups excluding carboxylic acids is 1. The summed E-state index contributed by atoms with van der Waals surface area (Å²) < 4.78 is 2.95. The van der Waals surface area contributed by atoms with Gasteiger partial charge in [0.05, 0.1) is 21.1 Å². The van der Waals surface area contributed by atoms with Crippen molar-refractivity contribution in [1.82, 2.24) is 24.5 Å². The lowest BCUT2D eigenvalue weighted by molar-refractivity contribution is -0.120. The van der Waals surface area contributed by atoms with E-state index in [0.29, 0.717) is 13.1 Å². The summed E-state index contributed by atoms with van der Waals surface area (Å²) in [5, 5.41) is 4.03. The molecule has 3 aromatic heterocycles. The van der Waals surface area contributed by atoms with E-state index in [4.69, 9.17) is 0 Å². The number of carbonyl (C=O) groups is 1. The number of hydrogen-bond donors (Lipinski definition) is 1. The number of aryl methyl sites for hydroxylation is 1. The highest BCUT2D eigenvalue weighted by molar-refractivity contribution is 7.18. The van der Waals surface area contributed by atoms with Gasteiger partial charge in [-0.3, -0.25) is 9.36 Å². The molecule has 1 aromatic carbocycles. The summed E-state index contributed by atoms with van der Waals surface area (Å²) in [5.74, 6) is 1.51. The first kappa shape index (κ1) is 16.8. The molecule has 0 spiro atoms. The predicted octanol–water partition coefficient (Wildman–Crippen LogP) is 2.66. The molecular weight excluding hydrogens is 374 g/mol. The van der Waals surface area contributed by atoms with E-state index in [0.717, 1.165) is 32.5 Å². The Morgan fingerprint density at radius 2 is 2.07 bits per heavy atom. The predicted molar refractivity (Wildman–Crippen MR) is 108 cm³/mol. The molecule has 0 aliphatic carbocycles. The SMILES string of the molecule is Cc1nc2cc(NC(=O)C3CN(c4cc(-n5ccnc5)ncn4)C3)ccc2s1. The van der Waals surface area contributed by atoms with Gasteiger partial charge in [-0.1, -0.05) is 0 Å². The molecule has 9 heteroatoms. The number of amides is 1. The van der Waals surface area contributed by atoms with Gasteiger partial charge in [0.1, 0.15) is 24.3 Å². The maximum atomic E-state index is 12.6. The van der Waals surface area contributed by atoms with Crippen LogP contribution in [0.15, 0.2) is 49.3 Å². The van der Waals surface area contributed by atoms with E-state index in [2.05, 4.69) is 30.2 Å². The minimum Gasteiger partial charge on any atom is -0.355 e. The van der Waals surface area contributed by atoms with Crippen molar-refractivity contribution >= 4 is 39.0 Å². The summed E-state index contributed by atoms with van der Waals surface area (Å²) >= 11 is 1.65. The maximum Gasteiger partial charge on any atom is 0.231 e. The molecule has 0 saturated carbocycles. The van der Waals surface area contributed by atoms with Gasteiger partial charge in [0.15, 0.2) is 0 Å². The van der Waals surface area contributed by atoms with E-state index < -0.39 is 0 Å². The minimum absolute atomic E-state index is 0.0199. The van der Waals surface area contributed by atoms with Gasteiger partial charge in [0, 0.05) is 37.2 Å². The molecule has 1 saturated heterocycles. The summed E-state index contributed by atoms with van der Waals surface area (Å²) in [4.78, 5) is 31.7. The van der Waals surface area contributed by atoms with Gasteiger partial charge in [-0.15, -0.1) is 11.3 Å².